The molecule has 2 nitrogen and oxygen atoms in total. The molecule has 0 aromatic heterocycles. The summed E-state index contributed by atoms with van der Waals surface area (Å²) >= 11 is 0. The lowest BCUT2D eigenvalue weighted by atomic mass is 9.70. The minimum atomic E-state index is 0.554. The largest absolute Gasteiger partial charge is 0.319 e. The van der Waals surface area contributed by atoms with Crippen LogP contribution in [0.4, 0.5) is 0 Å². The molecule has 2 rings (SSSR count). The molecule has 106 valence electrons. The lowest BCUT2D eigenvalue weighted by Gasteiger charge is -2.43. The van der Waals surface area contributed by atoms with Gasteiger partial charge < -0.3 is 10.2 Å². The number of hydrogen-bond acceptors (Lipinski definition) is 2. The van der Waals surface area contributed by atoms with E-state index in [9.17, 15) is 0 Å². The van der Waals surface area contributed by atoms with Crippen molar-refractivity contribution in [2.45, 2.75) is 64.3 Å². The van der Waals surface area contributed by atoms with E-state index in [4.69, 9.17) is 0 Å². The predicted molar refractivity (Wildman–Crippen MR) is 78.9 cm³/mol. The highest BCUT2D eigenvalue weighted by Gasteiger charge is 2.36. The molecule has 2 aliphatic rings. The van der Waals surface area contributed by atoms with Gasteiger partial charge in [0.2, 0.25) is 0 Å². The molecule has 0 unspecified atom stereocenters. The fraction of sp³-hybridized carbons (Fsp3) is 1.00. The Balaban J connectivity index is 1.92. The summed E-state index contributed by atoms with van der Waals surface area (Å²) < 4.78 is 0. The highest BCUT2D eigenvalue weighted by atomic mass is 15.1. The second-order valence-electron chi connectivity index (χ2n) is 7.07. The Morgan fingerprint density at radius 1 is 1.11 bits per heavy atom. The van der Waals surface area contributed by atoms with E-state index in [1.165, 1.54) is 64.5 Å². The van der Waals surface area contributed by atoms with E-state index in [1.54, 1.807) is 0 Å². The number of rotatable bonds is 5. The zero-order chi connectivity index (χ0) is 13.0. The molecule has 0 atom stereocenters. The zero-order valence-corrected chi connectivity index (χ0v) is 12.7. The summed E-state index contributed by atoms with van der Waals surface area (Å²) in [4.78, 5) is 2.68. The summed E-state index contributed by atoms with van der Waals surface area (Å²) in [5.41, 5.74) is 0.554. The Morgan fingerprint density at radius 3 is 2.28 bits per heavy atom. The average molecular weight is 252 g/mol. The Bertz CT molecular complexity index is 237. The van der Waals surface area contributed by atoms with Crippen LogP contribution in [0, 0.1) is 11.3 Å². The van der Waals surface area contributed by atoms with E-state index in [1.807, 2.05) is 0 Å². The fourth-order valence-electron chi connectivity index (χ4n) is 4.14. The molecule has 0 aliphatic heterocycles. The van der Waals surface area contributed by atoms with Crippen molar-refractivity contribution >= 4 is 0 Å². The summed E-state index contributed by atoms with van der Waals surface area (Å²) in [6, 6.07) is 0.873. The maximum atomic E-state index is 3.46. The third kappa shape index (κ3) is 3.48. The van der Waals surface area contributed by atoms with Gasteiger partial charge in [-0.2, -0.15) is 0 Å². The fourth-order valence-corrected chi connectivity index (χ4v) is 4.14. The summed E-state index contributed by atoms with van der Waals surface area (Å²) in [5.74, 6) is 0.951. The van der Waals surface area contributed by atoms with Crippen molar-refractivity contribution in [3.05, 3.63) is 0 Å². The van der Waals surface area contributed by atoms with E-state index < -0.39 is 0 Å². The van der Waals surface area contributed by atoms with Crippen molar-refractivity contribution in [2.75, 3.05) is 27.2 Å². The third-order valence-electron chi connectivity index (χ3n) is 5.42. The Hall–Kier alpha value is -0.0800. The average Bonchev–Trinajstić information content (AvgIpc) is 2.87. The molecular formula is C16H32N2. The SMILES string of the molecule is CNCC1(CN(C)C2CCCC2)CCC(C)CC1. The molecule has 0 radical (unpaired) electrons. The van der Waals surface area contributed by atoms with Gasteiger partial charge in [0.25, 0.3) is 0 Å². The van der Waals surface area contributed by atoms with Gasteiger partial charge in [-0.1, -0.05) is 32.6 Å². The van der Waals surface area contributed by atoms with Crippen LogP contribution in [0.1, 0.15) is 58.3 Å². The van der Waals surface area contributed by atoms with Gasteiger partial charge in [0.1, 0.15) is 0 Å². The van der Waals surface area contributed by atoms with E-state index in [-0.39, 0.29) is 0 Å². The first-order valence-electron chi connectivity index (χ1n) is 8.00. The van der Waals surface area contributed by atoms with Gasteiger partial charge in [-0.15, -0.1) is 0 Å². The molecule has 0 bridgehead atoms. The molecule has 18 heavy (non-hydrogen) atoms. The van der Waals surface area contributed by atoms with Gasteiger partial charge in [-0.05, 0) is 51.1 Å². The highest BCUT2D eigenvalue weighted by Crippen LogP contribution is 2.40. The van der Waals surface area contributed by atoms with Gasteiger partial charge in [0.15, 0.2) is 0 Å². The molecule has 0 saturated heterocycles. The Morgan fingerprint density at radius 2 is 1.72 bits per heavy atom. The molecule has 2 heteroatoms. The van der Waals surface area contributed by atoms with Crippen molar-refractivity contribution in [3.8, 4) is 0 Å². The second kappa shape index (κ2) is 6.38. The molecule has 2 fully saturated rings. The van der Waals surface area contributed by atoms with Crippen molar-refractivity contribution in [3.63, 3.8) is 0 Å². The maximum absolute atomic E-state index is 3.46. The highest BCUT2D eigenvalue weighted by molar-refractivity contribution is 4.90. The molecule has 0 aromatic carbocycles. The van der Waals surface area contributed by atoms with Gasteiger partial charge >= 0.3 is 0 Å². The first-order valence-corrected chi connectivity index (χ1v) is 8.00. The van der Waals surface area contributed by atoms with Crippen LogP contribution >= 0.6 is 0 Å². The van der Waals surface area contributed by atoms with Gasteiger partial charge in [0, 0.05) is 19.1 Å². The summed E-state index contributed by atoms with van der Waals surface area (Å²) in [6.07, 6.45) is 11.5. The lowest BCUT2D eigenvalue weighted by Crippen LogP contribution is -2.46. The van der Waals surface area contributed by atoms with Crippen molar-refractivity contribution < 1.29 is 0 Å². The van der Waals surface area contributed by atoms with Crippen LogP contribution in [-0.4, -0.2) is 38.1 Å². The van der Waals surface area contributed by atoms with Crippen LogP contribution < -0.4 is 5.32 Å². The first-order chi connectivity index (χ1) is 8.65. The van der Waals surface area contributed by atoms with Crippen LogP contribution in [0.2, 0.25) is 0 Å². The molecule has 0 spiro atoms. The normalized spacial score (nSPS) is 34.3. The quantitative estimate of drug-likeness (QED) is 0.808. The second-order valence-corrected chi connectivity index (χ2v) is 7.07. The van der Waals surface area contributed by atoms with Crippen LogP contribution in [-0.2, 0) is 0 Å². The molecule has 0 aromatic rings. The topological polar surface area (TPSA) is 15.3 Å². The van der Waals surface area contributed by atoms with E-state index >= 15 is 0 Å². The number of nitrogens with zero attached hydrogens (tertiary/aromatic N) is 1. The van der Waals surface area contributed by atoms with Gasteiger partial charge in [-0.3, -0.25) is 0 Å². The van der Waals surface area contributed by atoms with Crippen molar-refractivity contribution in [2.24, 2.45) is 11.3 Å². The summed E-state index contributed by atoms with van der Waals surface area (Å²) in [7, 11) is 4.49. The van der Waals surface area contributed by atoms with Crippen LogP contribution in [0.3, 0.4) is 0 Å². The number of hydrogen-bond donors (Lipinski definition) is 1. The maximum Gasteiger partial charge on any atom is 0.00924 e. The first kappa shape index (κ1) is 14.3. The van der Waals surface area contributed by atoms with Gasteiger partial charge in [-0.25, -0.2) is 0 Å². The van der Waals surface area contributed by atoms with E-state index in [0.29, 0.717) is 5.41 Å². The van der Waals surface area contributed by atoms with Gasteiger partial charge in [0.05, 0.1) is 0 Å². The Labute approximate surface area is 114 Å². The molecule has 0 heterocycles. The summed E-state index contributed by atoms with van der Waals surface area (Å²) in [6.45, 7) is 4.94. The minimum absolute atomic E-state index is 0.554. The van der Waals surface area contributed by atoms with E-state index in [0.717, 1.165) is 12.0 Å². The molecule has 0 amide bonds. The predicted octanol–water partition coefficient (Wildman–Crippen LogP) is 3.28. The van der Waals surface area contributed by atoms with Crippen molar-refractivity contribution in [1.82, 2.24) is 10.2 Å². The molecule has 2 aliphatic carbocycles. The zero-order valence-electron chi connectivity index (χ0n) is 12.7. The number of nitrogens with one attached hydrogen (secondary N) is 1. The summed E-state index contributed by atoms with van der Waals surface area (Å²) in [5, 5.41) is 3.46. The van der Waals surface area contributed by atoms with Crippen molar-refractivity contribution in [1.29, 1.82) is 0 Å². The molecule has 1 N–H and O–H groups in total. The van der Waals surface area contributed by atoms with Crippen LogP contribution in [0.15, 0.2) is 0 Å². The monoisotopic (exact) mass is 252 g/mol. The lowest BCUT2D eigenvalue weighted by molar-refractivity contribution is 0.0813. The smallest absolute Gasteiger partial charge is 0.00924 e. The Kier molecular flexibility index (Phi) is 5.08. The molecular weight excluding hydrogens is 220 g/mol. The molecule has 2 saturated carbocycles. The van der Waals surface area contributed by atoms with Crippen LogP contribution in [0.5, 0.6) is 0 Å². The standard InChI is InChI=1S/C16H32N2/c1-14-8-10-16(11-9-14,12-17-2)13-18(3)15-6-4-5-7-15/h14-15,17H,4-13H2,1-3H3. The minimum Gasteiger partial charge on any atom is -0.319 e. The van der Waals surface area contributed by atoms with E-state index in [2.05, 4.69) is 31.2 Å². The van der Waals surface area contributed by atoms with Crippen LogP contribution in [0.25, 0.3) is 0 Å². The third-order valence-corrected chi connectivity index (χ3v) is 5.42.